The van der Waals surface area contributed by atoms with Crippen molar-refractivity contribution in [2.75, 3.05) is 5.32 Å². The fourth-order valence-electron chi connectivity index (χ4n) is 0.982. The molecule has 0 bridgehead atoms. The van der Waals surface area contributed by atoms with Crippen molar-refractivity contribution in [2.45, 2.75) is 4.90 Å². The van der Waals surface area contributed by atoms with Crippen molar-refractivity contribution >= 4 is 21.7 Å². The Balaban J connectivity index is 2.84. The van der Waals surface area contributed by atoms with Gasteiger partial charge < -0.3 is 11.1 Å². The van der Waals surface area contributed by atoms with Gasteiger partial charge in [-0.3, -0.25) is 9.35 Å². The first-order valence-corrected chi connectivity index (χ1v) is 5.64. The van der Waals surface area contributed by atoms with Gasteiger partial charge in [0.05, 0.1) is 4.90 Å². The van der Waals surface area contributed by atoms with Crippen molar-refractivity contribution in [1.29, 1.82) is 0 Å². The minimum absolute atomic E-state index is 0.236. The van der Waals surface area contributed by atoms with E-state index in [0.29, 0.717) is 5.69 Å². The van der Waals surface area contributed by atoms with E-state index in [9.17, 15) is 13.2 Å². The van der Waals surface area contributed by atoms with E-state index in [0.717, 1.165) is 12.3 Å². The van der Waals surface area contributed by atoms with Crippen molar-refractivity contribution in [3.63, 3.8) is 0 Å². The minimum atomic E-state index is -4.20. The second kappa shape index (κ2) is 4.77. The lowest BCUT2D eigenvalue weighted by Gasteiger charge is -2.02. The molecule has 0 unspecified atom stereocenters. The highest BCUT2D eigenvalue weighted by Gasteiger charge is 2.08. The first-order valence-electron chi connectivity index (χ1n) is 4.20. The van der Waals surface area contributed by atoms with Gasteiger partial charge >= 0.3 is 0 Å². The Hall–Kier alpha value is -1.86. The predicted octanol–water partition coefficient (Wildman–Crippen LogP) is 0.344. The predicted molar refractivity (Wildman–Crippen MR) is 58.2 cm³/mol. The lowest BCUT2D eigenvalue weighted by atomic mass is 10.3. The molecular weight excluding hydrogens is 232 g/mol. The summed E-state index contributed by atoms with van der Waals surface area (Å²) in [6.45, 7) is 0. The zero-order valence-corrected chi connectivity index (χ0v) is 8.94. The highest BCUT2D eigenvalue weighted by atomic mass is 32.2. The Morgan fingerprint density at radius 1 is 1.31 bits per heavy atom. The number of anilines is 1. The molecule has 1 amide bonds. The van der Waals surface area contributed by atoms with Crippen LogP contribution in [0.15, 0.2) is 41.4 Å². The highest BCUT2D eigenvalue weighted by Crippen LogP contribution is 2.13. The summed E-state index contributed by atoms with van der Waals surface area (Å²) < 4.78 is 30.1. The molecule has 0 saturated heterocycles. The van der Waals surface area contributed by atoms with Crippen LogP contribution in [0.2, 0.25) is 0 Å². The van der Waals surface area contributed by atoms with Gasteiger partial charge in [-0.15, -0.1) is 0 Å². The molecule has 4 N–H and O–H groups in total. The molecule has 0 aliphatic rings. The van der Waals surface area contributed by atoms with Gasteiger partial charge in [0.25, 0.3) is 10.1 Å². The van der Waals surface area contributed by atoms with Gasteiger partial charge in [-0.25, -0.2) is 0 Å². The lowest BCUT2D eigenvalue weighted by molar-refractivity contribution is -0.111. The molecule has 1 rings (SSSR count). The Labute approximate surface area is 92.5 Å². The van der Waals surface area contributed by atoms with Crippen LogP contribution in [0.5, 0.6) is 0 Å². The van der Waals surface area contributed by atoms with Crippen LogP contribution in [-0.2, 0) is 14.9 Å². The molecular formula is C9H10N2O4S. The van der Waals surface area contributed by atoms with Crippen molar-refractivity contribution in [1.82, 2.24) is 0 Å². The van der Waals surface area contributed by atoms with Gasteiger partial charge in [-0.2, -0.15) is 8.42 Å². The average Bonchev–Trinajstić information content (AvgIpc) is 2.17. The number of amides is 1. The highest BCUT2D eigenvalue weighted by molar-refractivity contribution is 7.85. The molecule has 1 aromatic rings. The molecule has 0 fully saturated rings. The van der Waals surface area contributed by atoms with Crippen molar-refractivity contribution in [2.24, 2.45) is 5.73 Å². The van der Waals surface area contributed by atoms with E-state index >= 15 is 0 Å². The molecule has 0 aliphatic carbocycles. The van der Waals surface area contributed by atoms with Crippen LogP contribution in [0.3, 0.4) is 0 Å². The van der Waals surface area contributed by atoms with Crippen molar-refractivity contribution < 1.29 is 17.8 Å². The molecule has 16 heavy (non-hydrogen) atoms. The zero-order chi connectivity index (χ0) is 12.2. The summed E-state index contributed by atoms with van der Waals surface area (Å²) >= 11 is 0. The fourth-order valence-corrected chi connectivity index (χ4v) is 1.46. The summed E-state index contributed by atoms with van der Waals surface area (Å²) in [7, 11) is -4.20. The molecule has 0 atom stereocenters. The third kappa shape index (κ3) is 3.37. The SMILES string of the molecule is N/C=C/C(=O)Nc1ccc(S(=O)(=O)O)cc1. The summed E-state index contributed by atoms with van der Waals surface area (Å²) in [4.78, 5) is 10.8. The fraction of sp³-hybridized carbons (Fsp3) is 0. The van der Waals surface area contributed by atoms with Gasteiger partial charge in [-0.1, -0.05) is 0 Å². The van der Waals surface area contributed by atoms with E-state index in [1.807, 2.05) is 0 Å². The van der Waals surface area contributed by atoms with Gasteiger partial charge in [-0.05, 0) is 30.5 Å². The topological polar surface area (TPSA) is 109 Å². The van der Waals surface area contributed by atoms with Crippen LogP contribution in [0.1, 0.15) is 0 Å². The number of hydrogen-bond donors (Lipinski definition) is 3. The summed E-state index contributed by atoms with van der Waals surface area (Å²) in [5, 5.41) is 2.44. The second-order valence-electron chi connectivity index (χ2n) is 2.85. The number of benzene rings is 1. The molecule has 0 radical (unpaired) electrons. The third-order valence-electron chi connectivity index (χ3n) is 1.67. The maximum Gasteiger partial charge on any atom is 0.294 e. The standard InChI is InChI=1S/C9H10N2O4S/c10-6-5-9(12)11-7-1-3-8(4-2-7)16(13,14)15/h1-6H,10H2,(H,11,12)(H,13,14,15)/b6-5+. The molecule has 0 heterocycles. The summed E-state index contributed by atoms with van der Waals surface area (Å²) in [6.07, 6.45) is 2.21. The number of carbonyl (C=O) groups excluding carboxylic acids is 1. The summed E-state index contributed by atoms with van der Waals surface area (Å²) in [6, 6.07) is 5.06. The summed E-state index contributed by atoms with van der Waals surface area (Å²) in [5.74, 6) is -0.429. The third-order valence-corrected chi connectivity index (χ3v) is 2.54. The van der Waals surface area contributed by atoms with Crippen LogP contribution < -0.4 is 11.1 Å². The molecule has 0 saturated carbocycles. The molecule has 86 valence electrons. The maximum absolute atomic E-state index is 11.0. The molecule has 0 aromatic heterocycles. The van der Waals surface area contributed by atoms with Crippen LogP contribution >= 0.6 is 0 Å². The monoisotopic (exact) mass is 242 g/mol. The number of nitrogens with two attached hydrogens (primary N) is 1. The number of hydrogen-bond acceptors (Lipinski definition) is 4. The smallest absolute Gasteiger partial charge is 0.294 e. The van der Waals surface area contributed by atoms with E-state index in [2.05, 4.69) is 5.32 Å². The van der Waals surface area contributed by atoms with Crippen LogP contribution in [-0.4, -0.2) is 18.9 Å². The molecule has 0 spiro atoms. The van der Waals surface area contributed by atoms with E-state index in [-0.39, 0.29) is 4.90 Å². The van der Waals surface area contributed by atoms with Crippen molar-refractivity contribution in [3.8, 4) is 0 Å². The Kier molecular flexibility index (Phi) is 3.64. The van der Waals surface area contributed by atoms with E-state index < -0.39 is 16.0 Å². The van der Waals surface area contributed by atoms with Crippen LogP contribution in [0.4, 0.5) is 5.69 Å². The van der Waals surface area contributed by atoms with Crippen LogP contribution in [0, 0.1) is 0 Å². The maximum atomic E-state index is 11.0. The molecule has 7 heteroatoms. The number of carbonyl (C=O) groups is 1. The summed E-state index contributed by atoms with van der Waals surface area (Å²) in [5.41, 5.74) is 5.41. The van der Waals surface area contributed by atoms with E-state index in [1.54, 1.807) is 0 Å². The molecule has 6 nitrogen and oxygen atoms in total. The van der Waals surface area contributed by atoms with Gasteiger partial charge in [0.1, 0.15) is 0 Å². The largest absolute Gasteiger partial charge is 0.404 e. The quantitative estimate of drug-likeness (QED) is 0.523. The minimum Gasteiger partial charge on any atom is -0.404 e. The van der Waals surface area contributed by atoms with Gasteiger partial charge in [0.2, 0.25) is 5.91 Å². The molecule has 1 aromatic carbocycles. The lowest BCUT2D eigenvalue weighted by Crippen LogP contribution is -2.08. The number of nitrogens with one attached hydrogen (secondary N) is 1. The Bertz CT molecular complexity index is 505. The molecule has 0 aliphatic heterocycles. The second-order valence-corrected chi connectivity index (χ2v) is 4.27. The average molecular weight is 242 g/mol. The Morgan fingerprint density at radius 3 is 2.31 bits per heavy atom. The normalized spacial score (nSPS) is 11.6. The first kappa shape index (κ1) is 12.2. The van der Waals surface area contributed by atoms with Crippen molar-refractivity contribution in [3.05, 3.63) is 36.5 Å². The number of rotatable bonds is 3. The van der Waals surface area contributed by atoms with Gasteiger partial charge in [0, 0.05) is 11.8 Å². The van der Waals surface area contributed by atoms with E-state index in [4.69, 9.17) is 10.3 Å². The Morgan fingerprint density at radius 2 is 1.88 bits per heavy atom. The first-order chi connectivity index (χ1) is 7.43. The van der Waals surface area contributed by atoms with E-state index in [1.165, 1.54) is 24.3 Å². The van der Waals surface area contributed by atoms with Gasteiger partial charge in [0.15, 0.2) is 0 Å². The van der Waals surface area contributed by atoms with Crippen LogP contribution in [0.25, 0.3) is 0 Å². The zero-order valence-electron chi connectivity index (χ0n) is 8.12.